The highest BCUT2D eigenvalue weighted by molar-refractivity contribution is 5.76. The Labute approximate surface area is 127 Å². The van der Waals surface area contributed by atoms with Gasteiger partial charge in [0, 0.05) is 11.3 Å². The summed E-state index contributed by atoms with van der Waals surface area (Å²) in [6, 6.07) is 4.14. The molecule has 0 aromatic heterocycles. The summed E-state index contributed by atoms with van der Waals surface area (Å²) in [5, 5.41) is 9.47. The molecule has 0 amide bonds. The smallest absolute Gasteiger partial charge is 0.111 e. The fourth-order valence-corrected chi connectivity index (χ4v) is 2.75. The van der Waals surface area contributed by atoms with Crippen LogP contribution in [0.5, 0.6) is 0 Å². The molecular weight excluding hydrogens is 258 g/mol. The van der Waals surface area contributed by atoms with Crippen molar-refractivity contribution >= 4 is 11.3 Å². The maximum Gasteiger partial charge on any atom is 0.111 e. The third-order valence-electron chi connectivity index (χ3n) is 3.75. The summed E-state index contributed by atoms with van der Waals surface area (Å²) in [6.45, 7) is 8.34. The molecule has 0 atom stereocenters. The lowest BCUT2D eigenvalue weighted by Crippen LogP contribution is -1.98. The van der Waals surface area contributed by atoms with Crippen molar-refractivity contribution in [2.24, 2.45) is 0 Å². The zero-order valence-electron chi connectivity index (χ0n) is 12.8. The normalized spacial score (nSPS) is 14.4. The molecule has 2 heteroatoms. The molecule has 0 fully saturated rings. The number of anilines is 1. The molecule has 2 rings (SSSR count). The first-order valence-corrected chi connectivity index (χ1v) is 7.28. The largest absolute Gasteiger partial charge is 0.508 e. The van der Waals surface area contributed by atoms with Crippen molar-refractivity contribution < 1.29 is 5.11 Å². The molecule has 0 heterocycles. The molecule has 0 saturated carbocycles. The highest BCUT2D eigenvalue weighted by Gasteiger charge is 2.09. The molecule has 1 aromatic carbocycles. The maximum absolute atomic E-state index is 9.47. The van der Waals surface area contributed by atoms with Crippen LogP contribution in [0.4, 0.5) is 5.69 Å². The van der Waals surface area contributed by atoms with Gasteiger partial charge in [-0.15, -0.1) is 0 Å². The summed E-state index contributed by atoms with van der Waals surface area (Å²) in [5.41, 5.74) is 12.7. The van der Waals surface area contributed by atoms with E-state index in [9.17, 15) is 5.11 Å². The van der Waals surface area contributed by atoms with Gasteiger partial charge in [-0.25, -0.2) is 0 Å². The lowest BCUT2D eigenvalue weighted by Gasteiger charge is -2.14. The SMILES string of the molecule is C=C(CCC1=CCC=C(O)C=C1)c1c(C)cc(C)cc1N. The Morgan fingerprint density at radius 1 is 1.24 bits per heavy atom. The summed E-state index contributed by atoms with van der Waals surface area (Å²) in [6.07, 6.45) is 10.2. The van der Waals surface area contributed by atoms with Gasteiger partial charge in [0.05, 0.1) is 0 Å². The Morgan fingerprint density at radius 3 is 2.71 bits per heavy atom. The Kier molecular flexibility index (Phi) is 4.69. The molecule has 1 aliphatic carbocycles. The van der Waals surface area contributed by atoms with Gasteiger partial charge in [0.1, 0.15) is 5.76 Å². The first-order chi connectivity index (χ1) is 9.97. The Morgan fingerprint density at radius 2 is 2.00 bits per heavy atom. The topological polar surface area (TPSA) is 46.2 Å². The first-order valence-electron chi connectivity index (χ1n) is 7.28. The quantitative estimate of drug-likeness (QED) is 0.762. The number of benzene rings is 1. The average Bonchev–Trinajstić information content (AvgIpc) is 2.60. The van der Waals surface area contributed by atoms with Crippen molar-refractivity contribution in [2.75, 3.05) is 5.73 Å². The van der Waals surface area contributed by atoms with Crippen LogP contribution in [0.15, 0.2) is 54.3 Å². The third-order valence-corrected chi connectivity index (χ3v) is 3.75. The van der Waals surface area contributed by atoms with Gasteiger partial charge in [0.25, 0.3) is 0 Å². The van der Waals surface area contributed by atoms with E-state index in [-0.39, 0.29) is 0 Å². The number of allylic oxidation sites excluding steroid dienone is 6. The van der Waals surface area contributed by atoms with E-state index in [0.29, 0.717) is 5.76 Å². The van der Waals surface area contributed by atoms with Gasteiger partial charge >= 0.3 is 0 Å². The molecule has 0 spiro atoms. The second-order valence-electron chi connectivity index (χ2n) is 5.63. The van der Waals surface area contributed by atoms with Crippen molar-refractivity contribution in [3.63, 3.8) is 0 Å². The first kappa shape index (κ1) is 15.2. The molecule has 3 N–H and O–H groups in total. The molecule has 0 saturated heterocycles. The third kappa shape index (κ3) is 3.88. The van der Waals surface area contributed by atoms with Crippen LogP contribution in [-0.4, -0.2) is 5.11 Å². The standard InChI is InChI=1S/C19H23NO/c1-13-11-15(3)19(18(20)12-13)14(2)7-8-16-5-4-6-17(21)10-9-16/h5-6,9-12,21H,2,4,7-8,20H2,1,3H3. The summed E-state index contributed by atoms with van der Waals surface area (Å²) >= 11 is 0. The van der Waals surface area contributed by atoms with Crippen LogP contribution in [0.3, 0.4) is 0 Å². The van der Waals surface area contributed by atoms with E-state index in [1.807, 2.05) is 12.1 Å². The Balaban J connectivity index is 2.06. The fourth-order valence-electron chi connectivity index (χ4n) is 2.75. The van der Waals surface area contributed by atoms with Crippen molar-refractivity contribution in [1.82, 2.24) is 0 Å². The predicted molar refractivity (Wildman–Crippen MR) is 91.1 cm³/mol. The fraction of sp³-hybridized carbons (Fsp3) is 0.263. The van der Waals surface area contributed by atoms with E-state index in [2.05, 4.69) is 32.6 Å². The minimum Gasteiger partial charge on any atom is -0.508 e. The molecule has 0 unspecified atom stereocenters. The zero-order chi connectivity index (χ0) is 15.4. The van der Waals surface area contributed by atoms with Gasteiger partial charge in [-0.1, -0.05) is 30.4 Å². The van der Waals surface area contributed by atoms with E-state index >= 15 is 0 Å². The van der Waals surface area contributed by atoms with E-state index < -0.39 is 0 Å². The summed E-state index contributed by atoms with van der Waals surface area (Å²) in [5.74, 6) is 0.332. The number of nitrogens with two attached hydrogens (primary N) is 1. The highest BCUT2D eigenvalue weighted by Crippen LogP contribution is 2.30. The van der Waals surface area contributed by atoms with Crippen LogP contribution in [0.25, 0.3) is 5.57 Å². The van der Waals surface area contributed by atoms with Crippen molar-refractivity contribution in [3.05, 3.63) is 71.0 Å². The van der Waals surface area contributed by atoms with Gasteiger partial charge in [-0.05, 0) is 68.0 Å². The number of aryl methyl sites for hydroxylation is 2. The number of rotatable bonds is 4. The van der Waals surface area contributed by atoms with Crippen LogP contribution in [-0.2, 0) is 0 Å². The van der Waals surface area contributed by atoms with Gasteiger partial charge in [-0.2, -0.15) is 0 Å². The number of aliphatic hydroxyl groups is 1. The predicted octanol–water partition coefficient (Wildman–Crippen LogP) is 5.01. The van der Waals surface area contributed by atoms with E-state index in [0.717, 1.165) is 36.1 Å². The van der Waals surface area contributed by atoms with Crippen LogP contribution in [0.2, 0.25) is 0 Å². The van der Waals surface area contributed by atoms with E-state index in [4.69, 9.17) is 5.73 Å². The minimum absolute atomic E-state index is 0.332. The Hall–Kier alpha value is -2.22. The summed E-state index contributed by atoms with van der Waals surface area (Å²) < 4.78 is 0. The molecule has 0 aliphatic heterocycles. The lowest BCUT2D eigenvalue weighted by atomic mass is 9.93. The molecule has 1 aromatic rings. The van der Waals surface area contributed by atoms with Crippen LogP contribution >= 0.6 is 0 Å². The minimum atomic E-state index is 0.332. The van der Waals surface area contributed by atoms with Crippen LogP contribution < -0.4 is 5.73 Å². The highest BCUT2D eigenvalue weighted by atomic mass is 16.3. The zero-order valence-corrected chi connectivity index (χ0v) is 12.8. The van der Waals surface area contributed by atoms with Gasteiger partial charge in [0.15, 0.2) is 0 Å². The molecular formula is C19H23NO. The second-order valence-corrected chi connectivity index (χ2v) is 5.63. The molecule has 21 heavy (non-hydrogen) atoms. The molecule has 1 aliphatic rings. The molecule has 110 valence electrons. The number of nitrogen functional groups attached to an aromatic ring is 1. The monoisotopic (exact) mass is 281 g/mol. The number of hydrogen-bond donors (Lipinski definition) is 2. The average molecular weight is 281 g/mol. The van der Waals surface area contributed by atoms with Crippen molar-refractivity contribution in [3.8, 4) is 0 Å². The van der Waals surface area contributed by atoms with Gasteiger partial charge in [-0.3, -0.25) is 0 Å². The Bertz CT molecular complexity index is 625. The number of hydrogen-bond acceptors (Lipinski definition) is 2. The van der Waals surface area contributed by atoms with Crippen LogP contribution in [0, 0.1) is 13.8 Å². The second kappa shape index (κ2) is 6.49. The molecule has 0 bridgehead atoms. The van der Waals surface area contributed by atoms with Gasteiger partial charge < -0.3 is 10.8 Å². The number of aliphatic hydroxyl groups excluding tert-OH is 1. The molecule has 2 nitrogen and oxygen atoms in total. The summed E-state index contributed by atoms with van der Waals surface area (Å²) in [7, 11) is 0. The lowest BCUT2D eigenvalue weighted by molar-refractivity contribution is 0.431. The van der Waals surface area contributed by atoms with Gasteiger partial charge in [0.2, 0.25) is 0 Å². The summed E-state index contributed by atoms with van der Waals surface area (Å²) in [4.78, 5) is 0. The molecule has 0 radical (unpaired) electrons. The van der Waals surface area contributed by atoms with Crippen LogP contribution in [0.1, 0.15) is 36.0 Å². The van der Waals surface area contributed by atoms with Crippen molar-refractivity contribution in [1.29, 1.82) is 0 Å². The van der Waals surface area contributed by atoms with Crippen molar-refractivity contribution in [2.45, 2.75) is 33.1 Å². The van der Waals surface area contributed by atoms with E-state index in [1.54, 1.807) is 12.2 Å². The maximum atomic E-state index is 9.47. The van der Waals surface area contributed by atoms with E-state index in [1.165, 1.54) is 16.7 Å².